The van der Waals surface area contributed by atoms with Crippen molar-refractivity contribution < 1.29 is 19.4 Å². The molecule has 0 saturated heterocycles. The van der Waals surface area contributed by atoms with E-state index in [2.05, 4.69) is 19.2 Å². The van der Waals surface area contributed by atoms with Crippen LogP contribution in [0.2, 0.25) is 0 Å². The van der Waals surface area contributed by atoms with Gasteiger partial charge >= 0.3 is 0 Å². The van der Waals surface area contributed by atoms with Gasteiger partial charge in [-0.15, -0.1) is 0 Å². The van der Waals surface area contributed by atoms with Crippen LogP contribution >= 0.6 is 0 Å². The fourth-order valence-corrected chi connectivity index (χ4v) is 2.31. The highest BCUT2D eigenvalue weighted by molar-refractivity contribution is 5.94. The van der Waals surface area contributed by atoms with Crippen LogP contribution in [0.25, 0.3) is 0 Å². The summed E-state index contributed by atoms with van der Waals surface area (Å²) in [6.07, 6.45) is -0.286. The molecule has 5 nitrogen and oxygen atoms in total. The largest absolute Gasteiger partial charge is 0.550 e. The molecule has 0 aliphatic rings. The normalized spacial score (nSPS) is 11.8. The molecule has 0 radical (unpaired) electrons. The number of carboxylic acid groups (broad SMARTS) is 1. The number of carbonyl (C=O) groups excluding carboxylic acids is 2. The molecule has 0 unspecified atom stereocenters. The molecule has 1 N–H and O–H groups in total. The van der Waals surface area contributed by atoms with E-state index in [-0.39, 0.29) is 12.3 Å². The monoisotopic (exact) mass is 340 g/mol. The number of carbonyl (C=O) groups is 2. The molecule has 5 heteroatoms. The highest BCUT2D eigenvalue weighted by Crippen LogP contribution is 2.18. The van der Waals surface area contributed by atoms with E-state index in [4.69, 9.17) is 4.74 Å². The van der Waals surface area contributed by atoms with E-state index in [1.165, 1.54) is 0 Å². The third-order valence-electron chi connectivity index (χ3n) is 3.58. The minimum absolute atomic E-state index is 0.286. The number of carboxylic acids is 1. The van der Waals surface area contributed by atoms with Crippen molar-refractivity contribution in [3.05, 3.63) is 65.7 Å². The van der Waals surface area contributed by atoms with Gasteiger partial charge in [-0.2, -0.15) is 0 Å². The van der Waals surface area contributed by atoms with E-state index in [0.29, 0.717) is 23.8 Å². The molecule has 0 aromatic heterocycles. The molecule has 0 spiro atoms. The van der Waals surface area contributed by atoms with E-state index in [1.54, 1.807) is 48.5 Å². The molecule has 0 aliphatic heterocycles. The molecule has 2 aromatic carbocycles. The lowest BCUT2D eigenvalue weighted by Crippen LogP contribution is -2.34. The second kappa shape index (κ2) is 8.87. The highest BCUT2D eigenvalue weighted by atomic mass is 16.5. The van der Waals surface area contributed by atoms with Crippen LogP contribution in [0.15, 0.2) is 54.6 Å². The van der Waals surface area contributed by atoms with Crippen molar-refractivity contribution >= 4 is 11.9 Å². The molecule has 25 heavy (non-hydrogen) atoms. The van der Waals surface area contributed by atoms with Crippen molar-refractivity contribution in [3.8, 4) is 5.75 Å². The van der Waals surface area contributed by atoms with Crippen LogP contribution < -0.4 is 15.2 Å². The van der Waals surface area contributed by atoms with Crippen molar-refractivity contribution in [3.63, 3.8) is 0 Å². The minimum atomic E-state index is -1.22. The van der Waals surface area contributed by atoms with Gasteiger partial charge in [0.25, 0.3) is 5.91 Å². The molecule has 1 atom stereocenters. The van der Waals surface area contributed by atoms with Crippen LogP contribution in [0.5, 0.6) is 5.75 Å². The summed E-state index contributed by atoms with van der Waals surface area (Å²) in [6, 6.07) is 15.1. The number of hydrogen-bond acceptors (Lipinski definition) is 4. The number of amides is 1. The van der Waals surface area contributed by atoms with Gasteiger partial charge in [0, 0.05) is 18.0 Å². The average Bonchev–Trinajstić information content (AvgIpc) is 2.60. The maximum Gasteiger partial charge on any atom is 0.251 e. The Morgan fingerprint density at radius 1 is 1.04 bits per heavy atom. The summed E-state index contributed by atoms with van der Waals surface area (Å²) in [7, 11) is 0. The predicted octanol–water partition coefficient (Wildman–Crippen LogP) is 2.33. The first-order valence-electron chi connectivity index (χ1n) is 8.24. The summed E-state index contributed by atoms with van der Waals surface area (Å²) < 4.78 is 5.59. The fraction of sp³-hybridized carbons (Fsp3) is 0.300. The predicted molar refractivity (Wildman–Crippen MR) is 93.0 cm³/mol. The van der Waals surface area contributed by atoms with Gasteiger partial charge < -0.3 is 20.0 Å². The first kappa shape index (κ1) is 18.5. The fourth-order valence-electron chi connectivity index (χ4n) is 2.31. The molecule has 2 rings (SSSR count). The quantitative estimate of drug-likeness (QED) is 0.800. The van der Waals surface area contributed by atoms with Crippen LogP contribution in [0, 0.1) is 5.92 Å². The smallest absolute Gasteiger partial charge is 0.251 e. The molecular weight excluding hydrogens is 318 g/mol. The highest BCUT2D eigenvalue weighted by Gasteiger charge is 2.16. The van der Waals surface area contributed by atoms with Gasteiger partial charge in [-0.25, -0.2) is 0 Å². The Kier molecular flexibility index (Phi) is 6.57. The van der Waals surface area contributed by atoms with Crippen molar-refractivity contribution in [2.24, 2.45) is 5.92 Å². The lowest BCUT2D eigenvalue weighted by Gasteiger charge is -2.20. The summed E-state index contributed by atoms with van der Waals surface area (Å²) in [5.41, 5.74) is 1.16. The Hall–Kier alpha value is -2.82. The van der Waals surface area contributed by atoms with E-state index < -0.39 is 12.0 Å². The van der Waals surface area contributed by atoms with E-state index >= 15 is 0 Å². The maximum atomic E-state index is 12.4. The number of rotatable bonds is 8. The van der Waals surface area contributed by atoms with Crippen LogP contribution in [-0.2, 0) is 4.79 Å². The Bertz CT molecular complexity index is 695. The zero-order chi connectivity index (χ0) is 18.2. The molecular formula is C20H22NO4-. The number of hydrogen-bond donors (Lipinski definition) is 1. The van der Waals surface area contributed by atoms with Gasteiger partial charge in [0.2, 0.25) is 0 Å². The summed E-state index contributed by atoms with van der Waals surface area (Å²) in [5.74, 6) is -0.448. The molecule has 0 heterocycles. The zero-order valence-electron chi connectivity index (χ0n) is 14.4. The molecule has 2 aromatic rings. The Morgan fingerprint density at radius 3 is 2.24 bits per heavy atom. The van der Waals surface area contributed by atoms with Gasteiger partial charge in [0.15, 0.2) is 0 Å². The molecule has 0 fully saturated rings. The van der Waals surface area contributed by atoms with Crippen LogP contribution in [-0.4, -0.2) is 18.5 Å². The third kappa shape index (κ3) is 5.95. The molecule has 0 saturated carbocycles. The second-order valence-electron chi connectivity index (χ2n) is 6.24. The van der Waals surface area contributed by atoms with Crippen molar-refractivity contribution in [2.45, 2.75) is 26.3 Å². The van der Waals surface area contributed by atoms with Crippen molar-refractivity contribution in [1.29, 1.82) is 0 Å². The van der Waals surface area contributed by atoms with Crippen LogP contribution in [0.4, 0.5) is 0 Å². The molecule has 0 aliphatic carbocycles. The Balaban J connectivity index is 2.06. The van der Waals surface area contributed by atoms with Gasteiger partial charge in [-0.3, -0.25) is 4.79 Å². The van der Waals surface area contributed by atoms with Crippen molar-refractivity contribution in [2.75, 3.05) is 6.61 Å². The lowest BCUT2D eigenvalue weighted by molar-refractivity contribution is -0.306. The van der Waals surface area contributed by atoms with Gasteiger partial charge in [-0.05, 0) is 35.7 Å². The van der Waals surface area contributed by atoms with Gasteiger partial charge in [0.1, 0.15) is 5.75 Å². The first-order chi connectivity index (χ1) is 12.0. The summed E-state index contributed by atoms with van der Waals surface area (Å²) in [6.45, 7) is 4.72. The topological polar surface area (TPSA) is 78.5 Å². The van der Waals surface area contributed by atoms with E-state index in [9.17, 15) is 14.7 Å². The molecule has 0 bridgehead atoms. The zero-order valence-corrected chi connectivity index (χ0v) is 14.4. The Labute approximate surface area is 147 Å². The average molecular weight is 340 g/mol. The standard InChI is InChI=1S/C20H23NO4/c1-14(2)13-25-17-10-8-16(9-11-17)20(24)21-18(12-19(22)23)15-6-4-3-5-7-15/h3-11,14,18H,12-13H2,1-2H3,(H,21,24)(H,22,23)/p-1/t18-/m0/s1. The SMILES string of the molecule is CC(C)COc1ccc(C(=O)N[C@@H](CC(=O)[O-])c2ccccc2)cc1. The van der Waals surface area contributed by atoms with Gasteiger partial charge in [-0.1, -0.05) is 44.2 Å². The van der Waals surface area contributed by atoms with E-state index in [0.717, 1.165) is 5.56 Å². The number of nitrogens with one attached hydrogen (secondary N) is 1. The Morgan fingerprint density at radius 2 is 1.68 bits per heavy atom. The van der Waals surface area contributed by atoms with Crippen LogP contribution in [0.1, 0.15) is 42.2 Å². The summed E-state index contributed by atoms with van der Waals surface area (Å²) in [5, 5.41) is 13.7. The second-order valence-corrected chi connectivity index (χ2v) is 6.24. The molecule has 1 amide bonds. The number of aliphatic carboxylic acids is 1. The van der Waals surface area contributed by atoms with Crippen molar-refractivity contribution in [1.82, 2.24) is 5.32 Å². The lowest BCUT2D eigenvalue weighted by atomic mass is 10.0. The third-order valence-corrected chi connectivity index (χ3v) is 3.58. The summed E-state index contributed by atoms with van der Waals surface area (Å²) >= 11 is 0. The van der Waals surface area contributed by atoms with Crippen LogP contribution in [0.3, 0.4) is 0 Å². The first-order valence-corrected chi connectivity index (χ1v) is 8.24. The summed E-state index contributed by atoms with van der Waals surface area (Å²) in [4.78, 5) is 23.4. The van der Waals surface area contributed by atoms with E-state index in [1.807, 2.05) is 6.07 Å². The van der Waals surface area contributed by atoms with Gasteiger partial charge in [0.05, 0.1) is 12.6 Å². The number of benzene rings is 2. The maximum absolute atomic E-state index is 12.4. The minimum Gasteiger partial charge on any atom is -0.550 e. The number of ether oxygens (including phenoxy) is 1. The molecule has 132 valence electrons.